The van der Waals surface area contributed by atoms with Crippen LogP contribution in [0.2, 0.25) is 0 Å². The molecule has 4 atom stereocenters. The molecule has 0 aliphatic heterocycles. The summed E-state index contributed by atoms with van der Waals surface area (Å²) >= 11 is 0. The lowest BCUT2D eigenvalue weighted by Gasteiger charge is -2.31. The molecule has 0 heterocycles. The first-order chi connectivity index (χ1) is 8.71. The van der Waals surface area contributed by atoms with Gasteiger partial charge in [0.05, 0.1) is 12.7 Å². The van der Waals surface area contributed by atoms with E-state index in [0.717, 1.165) is 19.1 Å². The Kier molecular flexibility index (Phi) is 7.92. The van der Waals surface area contributed by atoms with E-state index in [9.17, 15) is 0 Å². The van der Waals surface area contributed by atoms with Gasteiger partial charge in [-0.25, -0.2) is 0 Å². The molecule has 1 aliphatic carbocycles. The molecule has 1 fully saturated rings. The van der Waals surface area contributed by atoms with Gasteiger partial charge in [-0.05, 0) is 31.2 Å². The van der Waals surface area contributed by atoms with Gasteiger partial charge in [0.1, 0.15) is 0 Å². The summed E-state index contributed by atoms with van der Waals surface area (Å²) in [5.74, 6) is 1.61. The number of likely N-dealkylation sites (N-methyl/N-ethyl adjacent to an activating group) is 1. The molecule has 4 unspecified atom stereocenters. The van der Waals surface area contributed by atoms with Crippen molar-refractivity contribution in [2.45, 2.75) is 78.4 Å². The summed E-state index contributed by atoms with van der Waals surface area (Å²) in [7, 11) is 0. The molecule has 0 radical (unpaired) electrons. The van der Waals surface area contributed by atoms with Gasteiger partial charge in [0.15, 0.2) is 0 Å². The number of hydrogen-bond acceptors (Lipinski definition) is 2. The van der Waals surface area contributed by atoms with Gasteiger partial charge < -0.3 is 10.1 Å². The average Bonchev–Trinajstić information content (AvgIpc) is 2.42. The Labute approximate surface area is 114 Å². The standard InChI is InChI=1S/C16H33NO/c1-5-13(4)16(17-7-3)12-18-15-10-8-9-14(6-2)11-15/h13-17H,5-12H2,1-4H3. The Morgan fingerprint density at radius 2 is 2.00 bits per heavy atom. The molecule has 18 heavy (non-hydrogen) atoms. The van der Waals surface area contributed by atoms with Crippen LogP contribution in [-0.4, -0.2) is 25.3 Å². The van der Waals surface area contributed by atoms with E-state index in [1.807, 2.05) is 0 Å². The van der Waals surface area contributed by atoms with E-state index in [0.29, 0.717) is 18.1 Å². The second kappa shape index (κ2) is 8.92. The van der Waals surface area contributed by atoms with E-state index in [2.05, 4.69) is 33.0 Å². The van der Waals surface area contributed by atoms with Crippen LogP contribution in [0.1, 0.15) is 66.2 Å². The van der Waals surface area contributed by atoms with Crippen molar-refractivity contribution in [2.75, 3.05) is 13.2 Å². The molecule has 2 nitrogen and oxygen atoms in total. The maximum absolute atomic E-state index is 6.19. The second-order valence-corrected chi connectivity index (χ2v) is 5.95. The molecule has 1 rings (SSSR count). The molecule has 0 aromatic rings. The number of rotatable bonds is 8. The lowest BCUT2D eigenvalue weighted by atomic mass is 9.85. The van der Waals surface area contributed by atoms with Gasteiger partial charge in [0, 0.05) is 6.04 Å². The smallest absolute Gasteiger partial charge is 0.0625 e. The summed E-state index contributed by atoms with van der Waals surface area (Å²) in [6, 6.07) is 0.530. The van der Waals surface area contributed by atoms with Gasteiger partial charge in [-0.3, -0.25) is 0 Å². The van der Waals surface area contributed by atoms with Crippen molar-refractivity contribution in [3.8, 4) is 0 Å². The van der Waals surface area contributed by atoms with Gasteiger partial charge in [-0.1, -0.05) is 53.4 Å². The molecule has 1 saturated carbocycles. The van der Waals surface area contributed by atoms with Crippen molar-refractivity contribution in [3.63, 3.8) is 0 Å². The third-order valence-corrected chi connectivity index (χ3v) is 4.62. The SMILES string of the molecule is CCNC(COC1CCCC(CC)C1)C(C)CC. The van der Waals surface area contributed by atoms with Crippen LogP contribution in [0.25, 0.3) is 0 Å². The van der Waals surface area contributed by atoms with E-state index < -0.39 is 0 Å². The summed E-state index contributed by atoms with van der Waals surface area (Å²) in [6.45, 7) is 11.0. The Balaban J connectivity index is 2.32. The van der Waals surface area contributed by atoms with Crippen LogP contribution in [0, 0.1) is 11.8 Å². The monoisotopic (exact) mass is 255 g/mol. The minimum absolute atomic E-state index is 0.522. The first kappa shape index (κ1) is 16.0. The van der Waals surface area contributed by atoms with Crippen LogP contribution in [-0.2, 0) is 4.74 Å². The number of hydrogen-bond donors (Lipinski definition) is 1. The molecule has 0 aromatic heterocycles. The summed E-state index contributed by atoms with van der Waals surface area (Å²) < 4.78 is 6.19. The van der Waals surface area contributed by atoms with Crippen LogP contribution in [0.15, 0.2) is 0 Å². The zero-order valence-electron chi connectivity index (χ0n) is 12.9. The first-order valence-corrected chi connectivity index (χ1v) is 8.06. The molecule has 0 spiro atoms. The van der Waals surface area contributed by atoms with Crippen molar-refractivity contribution < 1.29 is 4.74 Å². The minimum Gasteiger partial charge on any atom is -0.377 e. The molecule has 0 aromatic carbocycles. The Morgan fingerprint density at radius 3 is 2.61 bits per heavy atom. The molecule has 2 heteroatoms. The second-order valence-electron chi connectivity index (χ2n) is 5.95. The largest absolute Gasteiger partial charge is 0.377 e. The topological polar surface area (TPSA) is 21.3 Å². The maximum atomic E-state index is 6.19. The van der Waals surface area contributed by atoms with Gasteiger partial charge in [-0.2, -0.15) is 0 Å². The highest BCUT2D eigenvalue weighted by Crippen LogP contribution is 2.28. The van der Waals surface area contributed by atoms with Gasteiger partial charge in [-0.15, -0.1) is 0 Å². The van der Waals surface area contributed by atoms with Crippen molar-refractivity contribution in [2.24, 2.45) is 11.8 Å². The summed E-state index contributed by atoms with van der Waals surface area (Å²) in [6.07, 6.45) is 8.40. The molecule has 0 bridgehead atoms. The highest BCUT2D eigenvalue weighted by molar-refractivity contribution is 4.76. The van der Waals surface area contributed by atoms with Crippen molar-refractivity contribution in [3.05, 3.63) is 0 Å². The first-order valence-electron chi connectivity index (χ1n) is 8.06. The number of nitrogens with one attached hydrogen (secondary N) is 1. The Bertz CT molecular complexity index is 207. The van der Waals surface area contributed by atoms with Crippen LogP contribution < -0.4 is 5.32 Å². The molecule has 0 amide bonds. The predicted molar refractivity (Wildman–Crippen MR) is 78.9 cm³/mol. The molecule has 0 saturated heterocycles. The summed E-state index contributed by atoms with van der Waals surface area (Å²) in [5.41, 5.74) is 0. The van der Waals surface area contributed by atoms with Crippen molar-refractivity contribution in [1.82, 2.24) is 5.32 Å². The fourth-order valence-corrected chi connectivity index (χ4v) is 2.97. The van der Waals surface area contributed by atoms with Crippen LogP contribution in [0.5, 0.6) is 0 Å². The van der Waals surface area contributed by atoms with Crippen molar-refractivity contribution in [1.29, 1.82) is 0 Å². The fraction of sp³-hybridized carbons (Fsp3) is 1.00. The van der Waals surface area contributed by atoms with Gasteiger partial charge in [0.2, 0.25) is 0 Å². The minimum atomic E-state index is 0.522. The lowest BCUT2D eigenvalue weighted by Crippen LogP contribution is -2.40. The van der Waals surface area contributed by atoms with E-state index in [-0.39, 0.29) is 0 Å². The molecule has 1 aliphatic rings. The highest BCUT2D eigenvalue weighted by atomic mass is 16.5. The molecule has 1 N–H and O–H groups in total. The summed E-state index contributed by atoms with van der Waals surface area (Å²) in [5, 5.41) is 3.57. The molecular weight excluding hydrogens is 222 g/mol. The van der Waals surface area contributed by atoms with E-state index in [1.165, 1.54) is 38.5 Å². The fourth-order valence-electron chi connectivity index (χ4n) is 2.97. The van der Waals surface area contributed by atoms with Gasteiger partial charge >= 0.3 is 0 Å². The van der Waals surface area contributed by atoms with Crippen molar-refractivity contribution >= 4 is 0 Å². The zero-order valence-corrected chi connectivity index (χ0v) is 12.9. The third-order valence-electron chi connectivity index (χ3n) is 4.62. The normalized spacial score (nSPS) is 28.0. The quantitative estimate of drug-likeness (QED) is 0.708. The highest BCUT2D eigenvalue weighted by Gasteiger charge is 2.23. The van der Waals surface area contributed by atoms with Crippen LogP contribution in [0.3, 0.4) is 0 Å². The predicted octanol–water partition coefficient (Wildman–Crippen LogP) is 4.00. The summed E-state index contributed by atoms with van der Waals surface area (Å²) in [4.78, 5) is 0. The average molecular weight is 255 g/mol. The zero-order chi connectivity index (χ0) is 13.4. The molecule has 108 valence electrons. The van der Waals surface area contributed by atoms with Gasteiger partial charge in [0.25, 0.3) is 0 Å². The maximum Gasteiger partial charge on any atom is 0.0625 e. The number of ether oxygens (including phenoxy) is 1. The van der Waals surface area contributed by atoms with Crippen LogP contribution >= 0.6 is 0 Å². The van der Waals surface area contributed by atoms with E-state index in [1.54, 1.807) is 0 Å². The Morgan fingerprint density at radius 1 is 1.22 bits per heavy atom. The van der Waals surface area contributed by atoms with E-state index >= 15 is 0 Å². The third kappa shape index (κ3) is 5.27. The lowest BCUT2D eigenvalue weighted by molar-refractivity contribution is -0.00513. The molecular formula is C16H33NO. The van der Waals surface area contributed by atoms with E-state index in [4.69, 9.17) is 4.74 Å². The Hall–Kier alpha value is -0.0800. The van der Waals surface area contributed by atoms with Crippen LogP contribution in [0.4, 0.5) is 0 Å².